The third-order valence-corrected chi connectivity index (χ3v) is 3.19. The summed E-state index contributed by atoms with van der Waals surface area (Å²) in [6.07, 6.45) is 2.32. The van der Waals surface area contributed by atoms with Crippen LogP contribution in [0.15, 0.2) is 11.6 Å². The fourth-order valence-corrected chi connectivity index (χ4v) is 2.09. The lowest BCUT2D eigenvalue weighted by molar-refractivity contribution is 0.0640. The summed E-state index contributed by atoms with van der Waals surface area (Å²) in [5.74, 6) is 0. The molecule has 0 radical (unpaired) electrons. The lowest BCUT2D eigenvalue weighted by atomic mass is 10.2. The number of ether oxygens (including phenoxy) is 1. The van der Waals surface area contributed by atoms with E-state index in [1.165, 1.54) is 25.2 Å². The largest absolute Gasteiger partial charge is 0.383 e. The van der Waals surface area contributed by atoms with E-state index < -0.39 is 0 Å². The molecule has 94 valence electrons. The van der Waals surface area contributed by atoms with Gasteiger partial charge in [0.2, 0.25) is 0 Å². The van der Waals surface area contributed by atoms with Crippen LogP contribution in [-0.2, 0) is 4.74 Å². The van der Waals surface area contributed by atoms with Crippen LogP contribution >= 0.6 is 0 Å². The first-order chi connectivity index (χ1) is 7.63. The van der Waals surface area contributed by atoms with Gasteiger partial charge in [0.1, 0.15) is 0 Å². The van der Waals surface area contributed by atoms with Crippen molar-refractivity contribution in [3.63, 3.8) is 0 Å². The quantitative estimate of drug-likeness (QED) is 0.662. The topological polar surface area (TPSA) is 15.7 Å². The van der Waals surface area contributed by atoms with Gasteiger partial charge < -0.3 is 4.74 Å². The van der Waals surface area contributed by atoms with E-state index >= 15 is 0 Å². The van der Waals surface area contributed by atoms with Crippen LogP contribution in [-0.4, -0.2) is 62.3 Å². The van der Waals surface area contributed by atoms with Crippen LogP contribution < -0.4 is 0 Å². The van der Waals surface area contributed by atoms with Crippen LogP contribution in [0.3, 0.4) is 0 Å². The second kappa shape index (κ2) is 7.05. The van der Waals surface area contributed by atoms with Crippen molar-refractivity contribution in [2.24, 2.45) is 0 Å². The minimum absolute atomic E-state index is 0.648. The standard InChI is InChI=1S/C13H26N2O/c1-12(2)5-6-14-7-8-15(9-10-16-4)13(3)11-14/h5,13H,6-11H2,1-4H3/t13-/m0/s1. The molecule has 3 heteroatoms. The zero-order chi connectivity index (χ0) is 12.0. The second-order valence-corrected chi connectivity index (χ2v) is 4.92. The van der Waals surface area contributed by atoms with Crippen LogP contribution in [0.5, 0.6) is 0 Å². The Kier molecular flexibility index (Phi) is 6.03. The second-order valence-electron chi connectivity index (χ2n) is 4.92. The number of allylic oxidation sites excluding steroid dienone is 1. The van der Waals surface area contributed by atoms with Crippen LogP contribution in [0.2, 0.25) is 0 Å². The number of rotatable bonds is 5. The van der Waals surface area contributed by atoms with E-state index in [0.29, 0.717) is 6.04 Å². The molecule has 0 bridgehead atoms. The summed E-state index contributed by atoms with van der Waals surface area (Å²) in [5, 5.41) is 0. The first-order valence-electron chi connectivity index (χ1n) is 6.22. The van der Waals surface area contributed by atoms with Gasteiger partial charge in [-0.3, -0.25) is 9.80 Å². The van der Waals surface area contributed by atoms with Crippen LogP contribution in [0, 0.1) is 0 Å². The Morgan fingerprint density at radius 1 is 1.38 bits per heavy atom. The maximum absolute atomic E-state index is 5.13. The van der Waals surface area contributed by atoms with Crippen molar-refractivity contribution in [2.45, 2.75) is 26.8 Å². The molecule has 0 aliphatic carbocycles. The Morgan fingerprint density at radius 3 is 2.69 bits per heavy atom. The molecule has 1 saturated heterocycles. The van der Waals surface area contributed by atoms with Gasteiger partial charge in [-0.2, -0.15) is 0 Å². The maximum atomic E-state index is 5.13. The van der Waals surface area contributed by atoms with Crippen molar-refractivity contribution in [1.29, 1.82) is 0 Å². The van der Waals surface area contributed by atoms with Crippen molar-refractivity contribution in [1.82, 2.24) is 9.80 Å². The molecular formula is C13H26N2O. The van der Waals surface area contributed by atoms with E-state index in [4.69, 9.17) is 4.74 Å². The number of hydrogen-bond donors (Lipinski definition) is 0. The highest BCUT2D eigenvalue weighted by molar-refractivity contribution is 4.96. The summed E-state index contributed by atoms with van der Waals surface area (Å²) >= 11 is 0. The molecule has 0 aromatic carbocycles. The smallest absolute Gasteiger partial charge is 0.0589 e. The molecular weight excluding hydrogens is 200 g/mol. The van der Waals surface area contributed by atoms with Crippen molar-refractivity contribution >= 4 is 0 Å². The average molecular weight is 226 g/mol. The van der Waals surface area contributed by atoms with Crippen LogP contribution in [0.4, 0.5) is 0 Å². The van der Waals surface area contributed by atoms with E-state index in [9.17, 15) is 0 Å². The Morgan fingerprint density at radius 2 is 2.12 bits per heavy atom. The Labute approximate surface area is 100 Å². The molecule has 1 aliphatic heterocycles. The van der Waals surface area contributed by atoms with Gasteiger partial charge in [-0.25, -0.2) is 0 Å². The molecule has 1 aliphatic rings. The van der Waals surface area contributed by atoms with Gasteiger partial charge in [0, 0.05) is 45.9 Å². The lowest BCUT2D eigenvalue weighted by Gasteiger charge is -2.39. The summed E-state index contributed by atoms with van der Waals surface area (Å²) in [6, 6.07) is 0.648. The van der Waals surface area contributed by atoms with E-state index in [2.05, 4.69) is 36.6 Å². The van der Waals surface area contributed by atoms with Crippen molar-refractivity contribution < 1.29 is 4.74 Å². The molecule has 0 amide bonds. The molecule has 1 atom stereocenters. The molecule has 1 fully saturated rings. The highest BCUT2D eigenvalue weighted by atomic mass is 16.5. The number of hydrogen-bond acceptors (Lipinski definition) is 3. The third-order valence-electron chi connectivity index (χ3n) is 3.19. The molecule has 16 heavy (non-hydrogen) atoms. The van der Waals surface area contributed by atoms with Gasteiger partial charge in [-0.15, -0.1) is 0 Å². The molecule has 3 nitrogen and oxygen atoms in total. The monoisotopic (exact) mass is 226 g/mol. The lowest BCUT2D eigenvalue weighted by Crippen LogP contribution is -2.52. The number of nitrogens with zero attached hydrogens (tertiary/aromatic N) is 2. The molecule has 1 rings (SSSR count). The van der Waals surface area contributed by atoms with Crippen molar-refractivity contribution in [2.75, 3.05) is 46.4 Å². The van der Waals surface area contributed by atoms with Crippen molar-refractivity contribution in [3.05, 3.63) is 11.6 Å². The predicted octanol–water partition coefficient (Wildman–Crippen LogP) is 1.61. The average Bonchev–Trinajstić information content (AvgIpc) is 2.25. The summed E-state index contributed by atoms with van der Waals surface area (Å²) in [6.45, 7) is 13.2. The molecule has 1 heterocycles. The van der Waals surface area contributed by atoms with Gasteiger partial charge in [0.25, 0.3) is 0 Å². The van der Waals surface area contributed by atoms with E-state index in [1.807, 2.05) is 0 Å². The highest BCUT2D eigenvalue weighted by Gasteiger charge is 2.22. The van der Waals surface area contributed by atoms with E-state index in [0.717, 1.165) is 19.7 Å². The van der Waals surface area contributed by atoms with Gasteiger partial charge in [-0.1, -0.05) is 11.6 Å². The van der Waals surface area contributed by atoms with Gasteiger partial charge >= 0.3 is 0 Å². The third kappa shape index (κ3) is 4.64. The number of methoxy groups -OCH3 is 1. The maximum Gasteiger partial charge on any atom is 0.0589 e. The van der Waals surface area contributed by atoms with E-state index in [-0.39, 0.29) is 0 Å². The van der Waals surface area contributed by atoms with Gasteiger partial charge in [0.05, 0.1) is 6.61 Å². The van der Waals surface area contributed by atoms with Gasteiger partial charge in [-0.05, 0) is 20.8 Å². The summed E-state index contributed by atoms with van der Waals surface area (Å²) < 4.78 is 5.13. The Hall–Kier alpha value is -0.380. The summed E-state index contributed by atoms with van der Waals surface area (Å²) in [7, 11) is 1.77. The highest BCUT2D eigenvalue weighted by Crippen LogP contribution is 2.09. The minimum atomic E-state index is 0.648. The molecule has 0 spiro atoms. The summed E-state index contributed by atoms with van der Waals surface area (Å²) in [5.41, 5.74) is 1.41. The fourth-order valence-electron chi connectivity index (χ4n) is 2.09. The first-order valence-corrected chi connectivity index (χ1v) is 6.22. The Bertz CT molecular complexity index is 224. The van der Waals surface area contributed by atoms with Crippen LogP contribution in [0.25, 0.3) is 0 Å². The van der Waals surface area contributed by atoms with Crippen LogP contribution in [0.1, 0.15) is 20.8 Å². The predicted molar refractivity (Wildman–Crippen MR) is 68.8 cm³/mol. The zero-order valence-electron chi connectivity index (χ0n) is 11.2. The molecule has 0 aromatic rings. The molecule has 0 aromatic heterocycles. The van der Waals surface area contributed by atoms with E-state index in [1.54, 1.807) is 7.11 Å². The minimum Gasteiger partial charge on any atom is -0.383 e. The zero-order valence-corrected chi connectivity index (χ0v) is 11.2. The Balaban J connectivity index is 2.30. The molecule has 0 saturated carbocycles. The van der Waals surface area contributed by atoms with Crippen molar-refractivity contribution in [3.8, 4) is 0 Å². The molecule has 0 N–H and O–H groups in total. The molecule has 0 unspecified atom stereocenters. The summed E-state index contributed by atoms with van der Waals surface area (Å²) in [4.78, 5) is 5.05. The number of piperazine rings is 1. The fraction of sp³-hybridized carbons (Fsp3) is 0.846. The first kappa shape index (κ1) is 13.7. The van der Waals surface area contributed by atoms with Gasteiger partial charge in [0.15, 0.2) is 0 Å². The SMILES string of the molecule is COCCN1CCN(CC=C(C)C)C[C@@H]1C. The normalized spacial score (nSPS) is 23.4.